The second kappa shape index (κ2) is 8.97. The molecule has 3 aromatic rings. The number of rotatable bonds is 6. The summed E-state index contributed by atoms with van der Waals surface area (Å²) in [6, 6.07) is 11.4. The first-order chi connectivity index (χ1) is 14.6. The molecule has 0 bridgehead atoms. The number of halogens is 1. The van der Waals surface area contributed by atoms with E-state index in [1.165, 1.54) is 17.3 Å². The molecule has 0 fully saturated rings. The van der Waals surface area contributed by atoms with Crippen LogP contribution in [0.25, 0.3) is 5.69 Å². The summed E-state index contributed by atoms with van der Waals surface area (Å²) in [5.74, 6) is 1.73. The summed E-state index contributed by atoms with van der Waals surface area (Å²) >= 11 is 7.45. The Kier molecular flexibility index (Phi) is 6.15. The molecule has 1 aliphatic heterocycles. The van der Waals surface area contributed by atoms with Gasteiger partial charge in [0.05, 0.1) is 25.7 Å². The van der Waals surface area contributed by atoms with E-state index in [4.69, 9.17) is 21.1 Å². The number of methoxy groups -OCH3 is 2. The molecule has 0 aliphatic carbocycles. The first kappa shape index (κ1) is 20.6. The molecule has 0 N–H and O–H groups in total. The van der Waals surface area contributed by atoms with Crippen LogP contribution in [0.1, 0.15) is 11.1 Å². The second-order valence-electron chi connectivity index (χ2n) is 6.79. The van der Waals surface area contributed by atoms with Gasteiger partial charge in [0.15, 0.2) is 16.7 Å². The van der Waals surface area contributed by atoms with Gasteiger partial charge in [-0.1, -0.05) is 29.4 Å². The zero-order chi connectivity index (χ0) is 21.1. The van der Waals surface area contributed by atoms with Crippen molar-refractivity contribution in [2.24, 2.45) is 0 Å². The molecule has 0 saturated carbocycles. The molecule has 0 unspecified atom stereocenters. The fourth-order valence-corrected chi connectivity index (χ4v) is 4.46. The summed E-state index contributed by atoms with van der Waals surface area (Å²) in [5.41, 5.74) is 3.12. The van der Waals surface area contributed by atoms with E-state index in [1.54, 1.807) is 20.5 Å². The Balaban J connectivity index is 1.43. The van der Waals surface area contributed by atoms with E-state index in [1.807, 2.05) is 45.9 Å². The van der Waals surface area contributed by atoms with Crippen molar-refractivity contribution in [2.45, 2.75) is 18.1 Å². The summed E-state index contributed by atoms with van der Waals surface area (Å²) < 4.78 is 12.6. The number of carbonyl (C=O) groups is 1. The maximum Gasteiger partial charge on any atom is 0.233 e. The van der Waals surface area contributed by atoms with Crippen LogP contribution in [0.4, 0.5) is 0 Å². The van der Waals surface area contributed by atoms with Gasteiger partial charge in [0.2, 0.25) is 5.91 Å². The van der Waals surface area contributed by atoms with Crippen LogP contribution in [0.3, 0.4) is 0 Å². The molecular formula is C21H21ClN4O3S. The Morgan fingerprint density at radius 3 is 2.67 bits per heavy atom. The molecule has 4 rings (SSSR count). The summed E-state index contributed by atoms with van der Waals surface area (Å²) in [4.78, 5) is 14.7. The van der Waals surface area contributed by atoms with Gasteiger partial charge in [-0.05, 0) is 47.9 Å². The highest BCUT2D eigenvalue weighted by atomic mass is 35.5. The molecule has 0 saturated heterocycles. The maximum absolute atomic E-state index is 12.9. The van der Waals surface area contributed by atoms with Gasteiger partial charge in [0.25, 0.3) is 0 Å². The second-order valence-corrected chi connectivity index (χ2v) is 8.17. The lowest BCUT2D eigenvalue weighted by Gasteiger charge is -2.29. The van der Waals surface area contributed by atoms with E-state index in [9.17, 15) is 4.79 Å². The fourth-order valence-electron chi connectivity index (χ4n) is 3.44. The van der Waals surface area contributed by atoms with Crippen molar-refractivity contribution in [3.05, 3.63) is 58.9 Å². The lowest BCUT2D eigenvalue weighted by molar-refractivity contribution is -0.129. The van der Waals surface area contributed by atoms with E-state index in [0.29, 0.717) is 34.8 Å². The van der Waals surface area contributed by atoms with E-state index in [0.717, 1.165) is 17.7 Å². The number of ether oxygens (including phenoxy) is 2. The molecule has 0 atom stereocenters. The van der Waals surface area contributed by atoms with Crippen LogP contribution >= 0.6 is 23.4 Å². The predicted octanol–water partition coefficient (Wildman–Crippen LogP) is 3.61. The van der Waals surface area contributed by atoms with Crippen LogP contribution in [-0.2, 0) is 17.8 Å². The molecule has 0 spiro atoms. The van der Waals surface area contributed by atoms with Crippen molar-refractivity contribution >= 4 is 29.3 Å². The van der Waals surface area contributed by atoms with Crippen molar-refractivity contribution in [2.75, 3.05) is 26.5 Å². The van der Waals surface area contributed by atoms with E-state index >= 15 is 0 Å². The zero-order valence-corrected chi connectivity index (χ0v) is 18.2. The van der Waals surface area contributed by atoms with Gasteiger partial charge in [-0.15, -0.1) is 10.2 Å². The third-order valence-corrected chi connectivity index (χ3v) is 6.16. The Morgan fingerprint density at radius 1 is 1.17 bits per heavy atom. The van der Waals surface area contributed by atoms with Gasteiger partial charge < -0.3 is 14.4 Å². The van der Waals surface area contributed by atoms with Gasteiger partial charge in [0.1, 0.15) is 6.33 Å². The van der Waals surface area contributed by atoms with Crippen molar-refractivity contribution in [1.29, 1.82) is 0 Å². The highest BCUT2D eigenvalue weighted by Crippen LogP contribution is 2.33. The summed E-state index contributed by atoms with van der Waals surface area (Å²) in [6.45, 7) is 1.22. The standard InChI is InChI=1S/C21H21ClN4O3S/c1-28-18-8-14-6-7-25(11-15(14)9-19(18)29-2)20(27)12-30-21-24-23-13-26(21)17-5-3-4-16(22)10-17/h3-5,8-10,13H,6-7,11-12H2,1-2H3. The number of thioether (sulfide) groups is 1. The first-order valence-electron chi connectivity index (χ1n) is 9.39. The molecule has 2 aromatic carbocycles. The molecule has 9 heteroatoms. The SMILES string of the molecule is COc1cc2c(cc1OC)CN(C(=O)CSc1nncn1-c1cccc(Cl)c1)CC2. The van der Waals surface area contributed by atoms with E-state index < -0.39 is 0 Å². The van der Waals surface area contributed by atoms with Crippen LogP contribution in [0.5, 0.6) is 11.5 Å². The molecule has 2 heterocycles. The Hall–Kier alpha value is -2.71. The number of nitrogens with zero attached hydrogens (tertiary/aromatic N) is 4. The highest BCUT2D eigenvalue weighted by Gasteiger charge is 2.23. The van der Waals surface area contributed by atoms with Crippen molar-refractivity contribution in [3.63, 3.8) is 0 Å². The number of hydrogen-bond acceptors (Lipinski definition) is 6. The number of carbonyl (C=O) groups excluding carboxylic acids is 1. The third kappa shape index (κ3) is 4.24. The molecule has 30 heavy (non-hydrogen) atoms. The Bertz CT molecular complexity index is 1070. The van der Waals surface area contributed by atoms with E-state index in [-0.39, 0.29) is 11.7 Å². The number of aromatic nitrogens is 3. The molecule has 0 radical (unpaired) electrons. The van der Waals surface area contributed by atoms with Crippen LogP contribution in [0.2, 0.25) is 5.02 Å². The van der Waals surface area contributed by atoms with Gasteiger partial charge >= 0.3 is 0 Å². The monoisotopic (exact) mass is 444 g/mol. The first-order valence-corrected chi connectivity index (χ1v) is 10.8. The normalized spacial score (nSPS) is 13.1. The maximum atomic E-state index is 12.9. The topological polar surface area (TPSA) is 69.5 Å². The quantitative estimate of drug-likeness (QED) is 0.541. The molecule has 1 aromatic heterocycles. The minimum atomic E-state index is 0.0566. The predicted molar refractivity (Wildman–Crippen MR) is 116 cm³/mol. The van der Waals surface area contributed by atoms with Gasteiger partial charge in [-0.25, -0.2) is 0 Å². The largest absolute Gasteiger partial charge is 0.493 e. The van der Waals surface area contributed by atoms with Gasteiger partial charge in [-0.2, -0.15) is 0 Å². The molecular weight excluding hydrogens is 424 g/mol. The molecule has 1 amide bonds. The van der Waals surface area contributed by atoms with Crippen LogP contribution in [-0.4, -0.2) is 52.1 Å². The van der Waals surface area contributed by atoms with Crippen molar-refractivity contribution in [1.82, 2.24) is 19.7 Å². The lowest BCUT2D eigenvalue weighted by atomic mass is 9.99. The highest BCUT2D eigenvalue weighted by molar-refractivity contribution is 7.99. The minimum Gasteiger partial charge on any atom is -0.493 e. The smallest absolute Gasteiger partial charge is 0.233 e. The summed E-state index contributed by atoms with van der Waals surface area (Å²) in [6.07, 6.45) is 2.40. The van der Waals surface area contributed by atoms with Crippen LogP contribution in [0.15, 0.2) is 47.9 Å². The Morgan fingerprint density at radius 2 is 1.93 bits per heavy atom. The third-order valence-electron chi connectivity index (χ3n) is 5.00. The van der Waals surface area contributed by atoms with E-state index in [2.05, 4.69) is 10.2 Å². The molecule has 156 valence electrons. The number of hydrogen-bond donors (Lipinski definition) is 0. The van der Waals surface area contributed by atoms with Crippen LogP contribution in [0, 0.1) is 0 Å². The van der Waals surface area contributed by atoms with Crippen molar-refractivity contribution < 1.29 is 14.3 Å². The fraction of sp³-hybridized carbons (Fsp3) is 0.286. The number of benzene rings is 2. The number of amides is 1. The van der Waals surface area contributed by atoms with Crippen molar-refractivity contribution in [3.8, 4) is 17.2 Å². The zero-order valence-electron chi connectivity index (χ0n) is 16.7. The summed E-state index contributed by atoms with van der Waals surface area (Å²) in [5, 5.41) is 9.41. The molecule has 1 aliphatic rings. The Labute approximate surface area is 183 Å². The lowest BCUT2D eigenvalue weighted by Crippen LogP contribution is -2.37. The van der Waals surface area contributed by atoms with Crippen LogP contribution < -0.4 is 9.47 Å². The van der Waals surface area contributed by atoms with Gasteiger partial charge in [-0.3, -0.25) is 9.36 Å². The molecule has 7 nitrogen and oxygen atoms in total. The average Bonchev–Trinajstić information content (AvgIpc) is 3.24. The number of fused-ring (bicyclic) bond motifs is 1. The van der Waals surface area contributed by atoms with Gasteiger partial charge in [0, 0.05) is 18.1 Å². The minimum absolute atomic E-state index is 0.0566. The summed E-state index contributed by atoms with van der Waals surface area (Å²) in [7, 11) is 3.24. The average molecular weight is 445 g/mol.